The van der Waals surface area contributed by atoms with Gasteiger partial charge in [-0.15, -0.1) is 0 Å². The topological polar surface area (TPSA) is 89.0 Å². The van der Waals surface area contributed by atoms with Crippen LogP contribution in [0.3, 0.4) is 0 Å². The normalized spacial score (nSPS) is 10.6. The largest absolute Gasteiger partial charge is 1.00 e. The Labute approximate surface area is 67.3 Å². The first-order valence-electron chi connectivity index (χ1n) is 0.954. The molecule has 42 valence electrons. The van der Waals surface area contributed by atoms with Gasteiger partial charge >= 0.3 is 29.6 Å². The van der Waals surface area contributed by atoms with E-state index >= 15 is 0 Å². The third-order valence-electron chi connectivity index (χ3n) is 0.110. The number of aliphatic hydroxyl groups is 1. The van der Waals surface area contributed by atoms with Gasteiger partial charge in [-0.1, -0.05) is 0 Å². The van der Waals surface area contributed by atoms with Gasteiger partial charge < -0.3 is 16.6 Å². The van der Waals surface area contributed by atoms with E-state index in [-0.39, 0.29) is 36.5 Å². The summed E-state index contributed by atoms with van der Waals surface area (Å²) in [5.41, 5.74) is 0. The number of hydrogen-bond donors (Lipinski definition) is 2. The standard InChI is InChI=1S/CH4O3S.Na.H2O.H/c2-1-5(3)4;;;/h2H,1H2,(H,3,4);;1H2;/q;+1;;-1. The molecule has 0 aliphatic rings. The first-order valence-corrected chi connectivity index (χ1v) is 2.23. The van der Waals surface area contributed by atoms with E-state index in [0.29, 0.717) is 0 Å². The van der Waals surface area contributed by atoms with Gasteiger partial charge in [0, 0.05) is 0 Å². The maximum Gasteiger partial charge on any atom is 1.00 e. The van der Waals surface area contributed by atoms with E-state index in [2.05, 4.69) is 0 Å². The Morgan fingerprint density at radius 1 is 1.71 bits per heavy atom. The number of aliphatic hydroxyl groups excluding tert-OH is 1. The third-order valence-corrected chi connectivity index (χ3v) is 0.331. The zero-order chi connectivity index (χ0) is 4.28. The predicted octanol–water partition coefficient (Wildman–Crippen LogP) is -4.55. The van der Waals surface area contributed by atoms with E-state index in [9.17, 15) is 4.21 Å². The van der Waals surface area contributed by atoms with Gasteiger partial charge in [0.15, 0.2) is 11.1 Å². The minimum Gasteiger partial charge on any atom is -1.00 e. The van der Waals surface area contributed by atoms with Gasteiger partial charge in [-0.3, -0.25) is 0 Å². The molecule has 0 aliphatic heterocycles. The molecule has 7 heavy (non-hydrogen) atoms. The summed E-state index contributed by atoms with van der Waals surface area (Å²) in [6.45, 7) is 0. The van der Waals surface area contributed by atoms with Gasteiger partial charge in [0.2, 0.25) is 0 Å². The molecule has 0 rings (SSSR count). The van der Waals surface area contributed by atoms with Crippen LogP contribution >= 0.6 is 0 Å². The van der Waals surface area contributed by atoms with E-state index in [4.69, 9.17) is 9.66 Å². The first-order chi connectivity index (χ1) is 2.27. The van der Waals surface area contributed by atoms with Crippen LogP contribution in [0.1, 0.15) is 1.43 Å². The summed E-state index contributed by atoms with van der Waals surface area (Å²) in [5.74, 6) is -0.667. The molecule has 0 aliphatic carbocycles. The van der Waals surface area contributed by atoms with Gasteiger partial charge in [-0.25, -0.2) is 4.21 Å². The summed E-state index contributed by atoms with van der Waals surface area (Å²) >= 11 is -2.02. The van der Waals surface area contributed by atoms with Crippen LogP contribution in [-0.2, 0) is 11.1 Å². The van der Waals surface area contributed by atoms with E-state index < -0.39 is 17.0 Å². The summed E-state index contributed by atoms with van der Waals surface area (Å²) in [5, 5.41) is 7.59. The fourth-order valence-corrected chi connectivity index (χ4v) is 0. The van der Waals surface area contributed by atoms with Gasteiger partial charge in [-0.05, 0) is 0 Å². The molecule has 1 unspecified atom stereocenters. The van der Waals surface area contributed by atoms with Crippen molar-refractivity contribution in [1.29, 1.82) is 0 Å². The molecule has 0 radical (unpaired) electrons. The fourth-order valence-electron chi connectivity index (χ4n) is 0. The molecule has 0 aromatic carbocycles. The van der Waals surface area contributed by atoms with E-state index in [1.54, 1.807) is 0 Å². The van der Waals surface area contributed by atoms with Crippen molar-refractivity contribution in [3.63, 3.8) is 0 Å². The summed E-state index contributed by atoms with van der Waals surface area (Å²) in [4.78, 5) is 0. The van der Waals surface area contributed by atoms with Crippen LogP contribution in [-0.4, -0.2) is 25.3 Å². The van der Waals surface area contributed by atoms with Crippen LogP contribution in [0.15, 0.2) is 0 Å². The van der Waals surface area contributed by atoms with Crippen molar-refractivity contribution in [3.05, 3.63) is 0 Å². The molecule has 6 heteroatoms. The zero-order valence-electron chi connectivity index (χ0n) is 4.92. The maximum atomic E-state index is 9.23. The molecule has 0 amide bonds. The Hall–Kier alpha value is 1.03. The van der Waals surface area contributed by atoms with Gasteiger partial charge in [0.25, 0.3) is 0 Å². The minimum atomic E-state index is -2.02. The van der Waals surface area contributed by atoms with Crippen LogP contribution in [0.5, 0.6) is 0 Å². The molecule has 1 atom stereocenters. The third kappa shape index (κ3) is 19.4. The molecule has 0 saturated heterocycles. The van der Waals surface area contributed by atoms with Crippen molar-refractivity contribution in [2.24, 2.45) is 0 Å². The van der Waals surface area contributed by atoms with Gasteiger partial charge in [0.05, 0.1) is 0 Å². The molecule has 0 spiro atoms. The molecule has 0 fully saturated rings. The molecule has 4 N–H and O–H groups in total. The van der Waals surface area contributed by atoms with Crippen LogP contribution in [0.25, 0.3) is 0 Å². The van der Waals surface area contributed by atoms with E-state index in [1.165, 1.54) is 0 Å². The Kier molecular flexibility index (Phi) is 22.6. The van der Waals surface area contributed by atoms with Crippen molar-refractivity contribution >= 4 is 11.1 Å². The first kappa shape index (κ1) is 15.7. The summed E-state index contributed by atoms with van der Waals surface area (Å²) < 4.78 is 16.8. The maximum absolute atomic E-state index is 9.23. The van der Waals surface area contributed by atoms with Gasteiger partial charge in [0.1, 0.15) is 5.94 Å². The van der Waals surface area contributed by atoms with Crippen molar-refractivity contribution in [1.82, 2.24) is 0 Å². The quantitative estimate of drug-likeness (QED) is 0.282. The molecule has 0 saturated carbocycles. The molecular formula is CH7NaO4S. The smallest absolute Gasteiger partial charge is 1.00 e. The Balaban J connectivity index is -0.0000000267. The van der Waals surface area contributed by atoms with Crippen LogP contribution in [0.4, 0.5) is 0 Å². The van der Waals surface area contributed by atoms with Gasteiger partial charge in [-0.2, -0.15) is 0 Å². The number of hydrogen-bond acceptors (Lipinski definition) is 2. The van der Waals surface area contributed by atoms with Crippen LogP contribution < -0.4 is 29.6 Å². The second-order valence-electron chi connectivity index (χ2n) is 0.451. The molecule has 4 nitrogen and oxygen atoms in total. The second-order valence-corrected chi connectivity index (χ2v) is 1.35. The fraction of sp³-hybridized carbons (Fsp3) is 1.00. The average Bonchev–Trinajstić information content (AvgIpc) is 1.38. The summed E-state index contributed by atoms with van der Waals surface area (Å²) in [6, 6.07) is 0. The second kappa shape index (κ2) is 10.1. The summed E-state index contributed by atoms with van der Waals surface area (Å²) in [7, 11) is 0. The van der Waals surface area contributed by atoms with Crippen molar-refractivity contribution < 1.29 is 50.3 Å². The molecule has 0 bridgehead atoms. The Morgan fingerprint density at radius 2 is 1.86 bits per heavy atom. The Morgan fingerprint density at radius 3 is 1.86 bits per heavy atom. The predicted molar refractivity (Wildman–Crippen MR) is 22.6 cm³/mol. The molecule has 0 heterocycles. The zero-order valence-corrected chi connectivity index (χ0v) is 6.73. The average molecular weight is 138 g/mol. The molecular weight excluding hydrogens is 131 g/mol. The van der Waals surface area contributed by atoms with E-state index in [1.807, 2.05) is 0 Å². The van der Waals surface area contributed by atoms with Crippen LogP contribution in [0, 0.1) is 0 Å². The van der Waals surface area contributed by atoms with E-state index in [0.717, 1.165) is 0 Å². The molecule has 0 aromatic heterocycles. The minimum absolute atomic E-state index is 0. The van der Waals surface area contributed by atoms with Crippen molar-refractivity contribution in [2.45, 2.75) is 0 Å². The summed E-state index contributed by atoms with van der Waals surface area (Å²) in [6.07, 6.45) is 0. The monoisotopic (exact) mass is 138 g/mol. The Bertz CT molecular complexity index is 51.3. The van der Waals surface area contributed by atoms with Crippen molar-refractivity contribution in [3.8, 4) is 0 Å². The van der Waals surface area contributed by atoms with Crippen LogP contribution in [0.2, 0.25) is 0 Å². The van der Waals surface area contributed by atoms with Crippen molar-refractivity contribution in [2.75, 3.05) is 5.94 Å². The molecule has 0 aromatic rings. The number of rotatable bonds is 1. The SMILES string of the molecule is O.O=S(O)CO.[H-].[Na+].